The van der Waals surface area contributed by atoms with Crippen molar-refractivity contribution >= 4 is 40.0 Å². The Morgan fingerprint density at radius 1 is 1.47 bits per heavy atom. The highest BCUT2D eigenvalue weighted by Gasteiger charge is 2.11. The van der Waals surface area contributed by atoms with Crippen molar-refractivity contribution in [2.45, 2.75) is 6.92 Å². The van der Waals surface area contributed by atoms with Gasteiger partial charge in [-0.2, -0.15) is 5.10 Å². The van der Waals surface area contributed by atoms with Gasteiger partial charge in [0.05, 0.1) is 16.4 Å². The SMILES string of the molecule is Cc1cc(N)n(-c2c(Cl)cccc2I)n1. The summed E-state index contributed by atoms with van der Waals surface area (Å²) < 4.78 is 2.69. The van der Waals surface area contributed by atoms with Crippen molar-refractivity contribution in [1.82, 2.24) is 9.78 Å². The van der Waals surface area contributed by atoms with Crippen molar-refractivity contribution in [2.75, 3.05) is 5.73 Å². The largest absolute Gasteiger partial charge is 0.384 e. The summed E-state index contributed by atoms with van der Waals surface area (Å²) in [6.45, 7) is 1.90. The molecule has 0 saturated carbocycles. The van der Waals surface area contributed by atoms with Crippen LogP contribution in [-0.4, -0.2) is 9.78 Å². The maximum Gasteiger partial charge on any atom is 0.127 e. The van der Waals surface area contributed by atoms with Gasteiger partial charge in [0.15, 0.2) is 0 Å². The minimum absolute atomic E-state index is 0.596. The quantitative estimate of drug-likeness (QED) is 0.815. The Hall–Kier alpha value is -0.750. The highest BCUT2D eigenvalue weighted by Crippen LogP contribution is 2.27. The second-order valence-electron chi connectivity index (χ2n) is 3.19. The lowest BCUT2D eigenvalue weighted by atomic mass is 10.3. The third kappa shape index (κ3) is 1.96. The molecule has 0 atom stereocenters. The molecular formula is C10H9ClIN3. The first-order valence-corrected chi connectivity index (χ1v) is 5.82. The second kappa shape index (κ2) is 4.02. The van der Waals surface area contributed by atoms with Crippen molar-refractivity contribution in [3.8, 4) is 5.69 Å². The molecule has 0 radical (unpaired) electrons. The summed E-state index contributed by atoms with van der Waals surface area (Å²) in [5.74, 6) is 0.596. The second-order valence-corrected chi connectivity index (χ2v) is 4.76. The van der Waals surface area contributed by atoms with E-state index in [0.717, 1.165) is 15.0 Å². The van der Waals surface area contributed by atoms with E-state index in [1.807, 2.05) is 31.2 Å². The van der Waals surface area contributed by atoms with Gasteiger partial charge in [0, 0.05) is 9.64 Å². The predicted molar refractivity (Wildman–Crippen MR) is 70.4 cm³/mol. The minimum atomic E-state index is 0.596. The molecule has 3 nitrogen and oxygen atoms in total. The number of rotatable bonds is 1. The van der Waals surface area contributed by atoms with E-state index in [-0.39, 0.29) is 0 Å². The molecule has 15 heavy (non-hydrogen) atoms. The number of para-hydroxylation sites is 1. The van der Waals surface area contributed by atoms with E-state index >= 15 is 0 Å². The fourth-order valence-corrected chi connectivity index (χ4v) is 2.53. The van der Waals surface area contributed by atoms with Gasteiger partial charge in [0.2, 0.25) is 0 Å². The van der Waals surface area contributed by atoms with Gasteiger partial charge in [-0.25, -0.2) is 4.68 Å². The van der Waals surface area contributed by atoms with Crippen LogP contribution in [0.4, 0.5) is 5.82 Å². The first kappa shape index (κ1) is 10.8. The summed E-state index contributed by atoms with van der Waals surface area (Å²) in [6.07, 6.45) is 0. The summed E-state index contributed by atoms with van der Waals surface area (Å²) in [5.41, 5.74) is 7.57. The van der Waals surface area contributed by atoms with Crippen LogP contribution in [0.5, 0.6) is 0 Å². The molecule has 0 aliphatic heterocycles. The zero-order chi connectivity index (χ0) is 11.0. The molecule has 0 unspecified atom stereocenters. The average Bonchev–Trinajstić information content (AvgIpc) is 2.45. The summed E-state index contributed by atoms with van der Waals surface area (Å²) in [6, 6.07) is 7.52. The summed E-state index contributed by atoms with van der Waals surface area (Å²) >= 11 is 8.34. The standard InChI is InChI=1S/C10H9ClIN3/c1-6-5-9(13)15(14-6)10-7(11)3-2-4-8(10)12/h2-5H,13H2,1H3. The Balaban J connectivity index is 2.68. The van der Waals surface area contributed by atoms with E-state index in [4.69, 9.17) is 17.3 Å². The topological polar surface area (TPSA) is 43.8 Å². The number of anilines is 1. The van der Waals surface area contributed by atoms with Gasteiger partial charge in [0.25, 0.3) is 0 Å². The molecule has 1 aromatic carbocycles. The van der Waals surface area contributed by atoms with Crippen LogP contribution in [0.25, 0.3) is 5.69 Å². The van der Waals surface area contributed by atoms with Crippen LogP contribution in [0.15, 0.2) is 24.3 Å². The molecule has 0 saturated heterocycles. The molecule has 2 rings (SSSR count). The van der Waals surface area contributed by atoms with E-state index < -0.39 is 0 Å². The number of nitrogens with zero attached hydrogens (tertiary/aromatic N) is 2. The lowest BCUT2D eigenvalue weighted by Crippen LogP contribution is -2.04. The fourth-order valence-electron chi connectivity index (χ4n) is 1.39. The Morgan fingerprint density at radius 3 is 2.73 bits per heavy atom. The molecule has 0 spiro atoms. The number of aryl methyl sites for hydroxylation is 1. The Kier molecular flexibility index (Phi) is 2.88. The molecule has 0 fully saturated rings. The smallest absolute Gasteiger partial charge is 0.127 e. The highest BCUT2D eigenvalue weighted by atomic mass is 127. The van der Waals surface area contributed by atoms with Gasteiger partial charge in [-0.05, 0) is 41.6 Å². The zero-order valence-electron chi connectivity index (χ0n) is 8.04. The van der Waals surface area contributed by atoms with Crippen molar-refractivity contribution in [1.29, 1.82) is 0 Å². The Labute approximate surface area is 106 Å². The van der Waals surface area contributed by atoms with Crippen LogP contribution in [0, 0.1) is 10.5 Å². The van der Waals surface area contributed by atoms with Gasteiger partial charge in [-0.3, -0.25) is 0 Å². The molecule has 1 heterocycles. The molecule has 1 aromatic heterocycles. The molecule has 0 aliphatic carbocycles. The average molecular weight is 334 g/mol. The number of nitrogens with two attached hydrogens (primary N) is 1. The van der Waals surface area contributed by atoms with E-state index in [0.29, 0.717) is 10.8 Å². The van der Waals surface area contributed by atoms with Crippen molar-refractivity contribution in [3.63, 3.8) is 0 Å². The zero-order valence-corrected chi connectivity index (χ0v) is 11.0. The number of aromatic nitrogens is 2. The number of halogens is 2. The molecule has 0 amide bonds. The third-order valence-electron chi connectivity index (χ3n) is 2.01. The van der Waals surface area contributed by atoms with E-state index in [1.165, 1.54) is 0 Å². The van der Waals surface area contributed by atoms with Gasteiger partial charge < -0.3 is 5.73 Å². The van der Waals surface area contributed by atoms with Crippen LogP contribution in [0.1, 0.15) is 5.69 Å². The monoisotopic (exact) mass is 333 g/mol. The number of benzene rings is 1. The van der Waals surface area contributed by atoms with Crippen molar-refractivity contribution in [3.05, 3.63) is 38.6 Å². The molecule has 0 aliphatic rings. The maximum atomic E-state index is 6.12. The van der Waals surface area contributed by atoms with Crippen LogP contribution >= 0.6 is 34.2 Å². The minimum Gasteiger partial charge on any atom is -0.384 e. The van der Waals surface area contributed by atoms with E-state index in [2.05, 4.69) is 27.7 Å². The normalized spacial score (nSPS) is 10.6. The van der Waals surface area contributed by atoms with Crippen LogP contribution in [-0.2, 0) is 0 Å². The third-order valence-corrected chi connectivity index (χ3v) is 3.18. The van der Waals surface area contributed by atoms with E-state index in [9.17, 15) is 0 Å². The highest BCUT2D eigenvalue weighted by molar-refractivity contribution is 14.1. The van der Waals surface area contributed by atoms with Gasteiger partial charge in [-0.15, -0.1) is 0 Å². The summed E-state index contributed by atoms with van der Waals surface area (Å²) in [7, 11) is 0. The molecule has 78 valence electrons. The van der Waals surface area contributed by atoms with Crippen LogP contribution in [0.3, 0.4) is 0 Å². The molecule has 2 aromatic rings. The Bertz CT molecular complexity index is 487. The van der Waals surface area contributed by atoms with Crippen molar-refractivity contribution in [2.24, 2.45) is 0 Å². The molecule has 2 N–H and O–H groups in total. The Morgan fingerprint density at radius 2 is 2.20 bits per heavy atom. The number of hydrogen-bond acceptors (Lipinski definition) is 2. The fraction of sp³-hybridized carbons (Fsp3) is 0.100. The summed E-state index contributed by atoms with van der Waals surface area (Å²) in [5, 5.41) is 4.95. The number of nitrogen functional groups attached to an aromatic ring is 1. The molecule has 0 bridgehead atoms. The first-order valence-electron chi connectivity index (χ1n) is 4.36. The van der Waals surface area contributed by atoms with Gasteiger partial charge in [-0.1, -0.05) is 17.7 Å². The van der Waals surface area contributed by atoms with Crippen LogP contribution in [0.2, 0.25) is 5.02 Å². The first-order chi connectivity index (χ1) is 7.09. The summed E-state index contributed by atoms with van der Waals surface area (Å²) in [4.78, 5) is 0. The molecule has 5 heteroatoms. The molecular weight excluding hydrogens is 324 g/mol. The lowest BCUT2D eigenvalue weighted by molar-refractivity contribution is 0.868. The van der Waals surface area contributed by atoms with Gasteiger partial charge >= 0.3 is 0 Å². The van der Waals surface area contributed by atoms with Crippen molar-refractivity contribution < 1.29 is 0 Å². The maximum absolute atomic E-state index is 6.12. The van der Waals surface area contributed by atoms with Gasteiger partial charge in [0.1, 0.15) is 5.82 Å². The predicted octanol–water partition coefficient (Wildman–Crippen LogP) is 3.02. The lowest BCUT2D eigenvalue weighted by Gasteiger charge is -2.08. The number of hydrogen-bond donors (Lipinski definition) is 1. The van der Waals surface area contributed by atoms with E-state index in [1.54, 1.807) is 4.68 Å². The van der Waals surface area contributed by atoms with Crippen LogP contribution < -0.4 is 5.73 Å².